The first-order valence-electron chi connectivity index (χ1n) is 4.44. The number of anilines is 1. The highest BCUT2D eigenvalue weighted by Crippen LogP contribution is 2.35. The summed E-state index contributed by atoms with van der Waals surface area (Å²) in [5.74, 6) is 0. The Labute approximate surface area is 100 Å². The number of benzene rings is 1. The van der Waals surface area contributed by atoms with Crippen LogP contribution in [0.1, 0.15) is 19.4 Å². The van der Waals surface area contributed by atoms with Crippen molar-refractivity contribution in [3.05, 3.63) is 27.3 Å². The molecule has 84 valence electrons. The molecular formula is C10H11F3IN. The first-order valence-corrected chi connectivity index (χ1v) is 5.52. The van der Waals surface area contributed by atoms with Crippen LogP contribution in [-0.2, 0) is 6.18 Å². The first-order chi connectivity index (χ1) is 6.80. The normalized spacial score (nSPS) is 11.9. The van der Waals surface area contributed by atoms with Crippen molar-refractivity contribution >= 4 is 28.3 Å². The van der Waals surface area contributed by atoms with Crippen molar-refractivity contribution in [3.8, 4) is 0 Å². The van der Waals surface area contributed by atoms with Gasteiger partial charge in [-0.3, -0.25) is 0 Å². The summed E-state index contributed by atoms with van der Waals surface area (Å²) in [6.07, 6.45) is -4.31. The van der Waals surface area contributed by atoms with Gasteiger partial charge in [-0.05, 0) is 54.6 Å². The summed E-state index contributed by atoms with van der Waals surface area (Å²) in [5, 5.41) is 2.78. The molecular weight excluding hydrogens is 318 g/mol. The summed E-state index contributed by atoms with van der Waals surface area (Å²) < 4.78 is 38.5. The van der Waals surface area contributed by atoms with Gasteiger partial charge in [0, 0.05) is 15.3 Å². The van der Waals surface area contributed by atoms with E-state index < -0.39 is 11.7 Å². The lowest BCUT2D eigenvalue weighted by atomic mass is 10.1. The van der Waals surface area contributed by atoms with Crippen molar-refractivity contribution < 1.29 is 13.2 Å². The highest BCUT2D eigenvalue weighted by atomic mass is 127. The Bertz CT molecular complexity index is 347. The summed E-state index contributed by atoms with van der Waals surface area (Å²) in [7, 11) is 0. The Morgan fingerprint density at radius 2 is 1.87 bits per heavy atom. The van der Waals surface area contributed by atoms with E-state index in [1.165, 1.54) is 6.07 Å². The maximum absolute atomic E-state index is 12.6. The van der Waals surface area contributed by atoms with Crippen LogP contribution >= 0.6 is 22.6 Å². The van der Waals surface area contributed by atoms with Crippen LogP contribution in [-0.4, -0.2) is 6.04 Å². The summed E-state index contributed by atoms with van der Waals surface area (Å²) in [4.78, 5) is 0. The minimum atomic E-state index is -4.31. The number of nitrogens with one attached hydrogen (secondary N) is 1. The van der Waals surface area contributed by atoms with Gasteiger partial charge in [0.25, 0.3) is 0 Å². The maximum Gasteiger partial charge on any atom is 0.418 e. The molecule has 0 fully saturated rings. The number of halogens is 4. The van der Waals surface area contributed by atoms with Crippen LogP contribution in [0, 0.1) is 3.57 Å². The molecule has 0 amide bonds. The molecule has 0 unspecified atom stereocenters. The summed E-state index contributed by atoms with van der Waals surface area (Å²) >= 11 is 1.87. The Balaban J connectivity index is 3.15. The van der Waals surface area contributed by atoms with Crippen molar-refractivity contribution in [1.29, 1.82) is 0 Å². The number of hydrogen-bond donors (Lipinski definition) is 1. The Hall–Kier alpha value is -0.460. The third-order valence-electron chi connectivity index (χ3n) is 1.73. The van der Waals surface area contributed by atoms with Gasteiger partial charge >= 0.3 is 6.18 Å². The smallest absolute Gasteiger partial charge is 0.382 e. The zero-order chi connectivity index (χ0) is 11.6. The van der Waals surface area contributed by atoms with Crippen molar-refractivity contribution in [2.24, 2.45) is 0 Å². The fraction of sp³-hybridized carbons (Fsp3) is 0.400. The van der Waals surface area contributed by atoms with Crippen molar-refractivity contribution in [2.75, 3.05) is 5.32 Å². The van der Waals surface area contributed by atoms with Crippen LogP contribution in [0.5, 0.6) is 0 Å². The van der Waals surface area contributed by atoms with Crippen LogP contribution in [0.25, 0.3) is 0 Å². The second-order valence-corrected chi connectivity index (χ2v) is 4.73. The molecule has 1 aromatic rings. The molecule has 0 aromatic heterocycles. The Morgan fingerprint density at radius 1 is 1.27 bits per heavy atom. The van der Waals surface area contributed by atoms with Crippen molar-refractivity contribution in [2.45, 2.75) is 26.1 Å². The highest BCUT2D eigenvalue weighted by molar-refractivity contribution is 14.1. The molecule has 0 radical (unpaired) electrons. The Kier molecular flexibility index (Phi) is 3.86. The van der Waals surface area contributed by atoms with Crippen LogP contribution < -0.4 is 5.32 Å². The van der Waals surface area contributed by atoms with Gasteiger partial charge < -0.3 is 5.32 Å². The van der Waals surface area contributed by atoms with E-state index in [0.717, 1.165) is 6.07 Å². The van der Waals surface area contributed by atoms with Crippen LogP contribution in [0.2, 0.25) is 0 Å². The maximum atomic E-state index is 12.6. The van der Waals surface area contributed by atoms with Gasteiger partial charge in [-0.15, -0.1) is 0 Å². The van der Waals surface area contributed by atoms with E-state index in [0.29, 0.717) is 3.57 Å². The highest BCUT2D eigenvalue weighted by Gasteiger charge is 2.33. The van der Waals surface area contributed by atoms with E-state index in [1.807, 2.05) is 22.6 Å². The van der Waals surface area contributed by atoms with Gasteiger partial charge in [0.1, 0.15) is 0 Å². The molecule has 0 spiro atoms. The first kappa shape index (κ1) is 12.6. The zero-order valence-electron chi connectivity index (χ0n) is 8.32. The standard InChI is InChI=1S/C10H11F3IN/c1-6(2)15-9-4-3-7(14)5-8(9)10(11,12)13/h3-6,15H,1-2H3. The molecule has 1 N–H and O–H groups in total. The third kappa shape index (κ3) is 3.55. The van der Waals surface area contributed by atoms with Gasteiger partial charge in [0.15, 0.2) is 0 Å². The van der Waals surface area contributed by atoms with E-state index >= 15 is 0 Å². The lowest BCUT2D eigenvalue weighted by molar-refractivity contribution is -0.137. The summed E-state index contributed by atoms with van der Waals surface area (Å²) in [5.41, 5.74) is -0.471. The lowest BCUT2D eigenvalue weighted by Gasteiger charge is -2.16. The summed E-state index contributed by atoms with van der Waals surface area (Å²) in [6.45, 7) is 3.61. The topological polar surface area (TPSA) is 12.0 Å². The molecule has 0 heterocycles. The van der Waals surface area contributed by atoms with E-state index in [2.05, 4.69) is 5.32 Å². The number of alkyl halides is 3. The molecule has 1 aromatic carbocycles. The van der Waals surface area contributed by atoms with Gasteiger partial charge in [-0.25, -0.2) is 0 Å². The minimum absolute atomic E-state index is 0.0221. The van der Waals surface area contributed by atoms with E-state index in [-0.39, 0.29) is 11.7 Å². The van der Waals surface area contributed by atoms with Crippen LogP contribution in [0.15, 0.2) is 18.2 Å². The van der Waals surface area contributed by atoms with Crippen molar-refractivity contribution in [1.82, 2.24) is 0 Å². The molecule has 1 nitrogen and oxygen atoms in total. The van der Waals surface area contributed by atoms with Crippen molar-refractivity contribution in [3.63, 3.8) is 0 Å². The fourth-order valence-electron chi connectivity index (χ4n) is 1.19. The van der Waals surface area contributed by atoms with E-state index in [4.69, 9.17) is 0 Å². The predicted molar refractivity (Wildman–Crippen MR) is 62.9 cm³/mol. The second kappa shape index (κ2) is 4.59. The molecule has 0 aliphatic rings. The molecule has 0 bridgehead atoms. The second-order valence-electron chi connectivity index (χ2n) is 3.49. The molecule has 0 saturated carbocycles. The SMILES string of the molecule is CC(C)Nc1ccc(I)cc1C(F)(F)F. The fourth-order valence-corrected chi connectivity index (χ4v) is 1.68. The van der Waals surface area contributed by atoms with Gasteiger partial charge in [-0.2, -0.15) is 13.2 Å². The van der Waals surface area contributed by atoms with Crippen LogP contribution in [0.4, 0.5) is 18.9 Å². The zero-order valence-corrected chi connectivity index (χ0v) is 10.5. The number of hydrogen-bond acceptors (Lipinski definition) is 1. The largest absolute Gasteiger partial charge is 0.418 e. The molecule has 5 heteroatoms. The van der Waals surface area contributed by atoms with Gasteiger partial charge in [0.05, 0.1) is 5.56 Å². The quantitative estimate of drug-likeness (QED) is 0.805. The average Bonchev–Trinajstić information content (AvgIpc) is 2.05. The van der Waals surface area contributed by atoms with Gasteiger partial charge in [-0.1, -0.05) is 0 Å². The molecule has 0 saturated heterocycles. The lowest BCUT2D eigenvalue weighted by Crippen LogP contribution is -2.15. The monoisotopic (exact) mass is 329 g/mol. The Morgan fingerprint density at radius 3 is 2.33 bits per heavy atom. The summed E-state index contributed by atoms with van der Waals surface area (Å²) in [6, 6.07) is 4.24. The van der Waals surface area contributed by atoms with E-state index in [1.54, 1.807) is 19.9 Å². The molecule has 1 rings (SSSR count). The molecule has 0 aliphatic heterocycles. The molecule has 15 heavy (non-hydrogen) atoms. The average molecular weight is 329 g/mol. The van der Waals surface area contributed by atoms with Gasteiger partial charge in [0.2, 0.25) is 0 Å². The number of rotatable bonds is 2. The third-order valence-corrected chi connectivity index (χ3v) is 2.40. The minimum Gasteiger partial charge on any atom is -0.382 e. The predicted octanol–water partition coefficient (Wildman–Crippen LogP) is 4.13. The van der Waals surface area contributed by atoms with Crippen LogP contribution in [0.3, 0.4) is 0 Å². The molecule has 0 aliphatic carbocycles. The molecule has 0 atom stereocenters. The van der Waals surface area contributed by atoms with E-state index in [9.17, 15) is 13.2 Å².